The van der Waals surface area contributed by atoms with E-state index in [-0.39, 0.29) is 16.3 Å². The zero-order chi connectivity index (χ0) is 12.9. The molecule has 0 aromatic heterocycles. The number of rotatable bonds is 1. The second-order valence-corrected chi connectivity index (χ2v) is 7.54. The molecule has 3 rings (SSSR count). The molecule has 2 atom stereocenters. The maximum absolute atomic E-state index is 13.1. The fourth-order valence-corrected chi connectivity index (χ4v) is 5.61. The van der Waals surface area contributed by atoms with Gasteiger partial charge in [0.15, 0.2) is 0 Å². The first-order chi connectivity index (χ1) is 8.49. The first kappa shape index (κ1) is 12.3. The molecule has 0 aliphatic carbocycles. The number of hydrogen-bond acceptors (Lipinski definition) is 2. The van der Waals surface area contributed by atoms with Crippen LogP contribution in [0, 0.1) is 12.7 Å². The van der Waals surface area contributed by atoms with Crippen molar-refractivity contribution in [1.82, 2.24) is 0 Å². The highest BCUT2D eigenvalue weighted by Crippen LogP contribution is 2.46. The fraction of sp³-hybridized carbons (Fsp3) is 0.571. The van der Waals surface area contributed by atoms with Gasteiger partial charge >= 0.3 is 0 Å². The van der Waals surface area contributed by atoms with E-state index in [0.29, 0.717) is 12.8 Å². The van der Waals surface area contributed by atoms with E-state index in [1.807, 2.05) is 6.92 Å². The Labute approximate surface area is 109 Å². The number of aliphatic hydroxyl groups is 1. The molecule has 1 aromatic carbocycles. The summed E-state index contributed by atoms with van der Waals surface area (Å²) in [5.41, 5.74) is 0.666. The van der Waals surface area contributed by atoms with Gasteiger partial charge in [0.2, 0.25) is 0 Å². The van der Waals surface area contributed by atoms with Gasteiger partial charge in [-0.15, -0.1) is 0 Å². The van der Waals surface area contributed by atoms with E-state index >= 15 is 0 Å². The average Bonchev–Trinajstić information content (AvgIpc) is 2.53. The van der Waals surface area contributed by atoms with Crippen molar-refractivity contribution in [3.63, 3.8) is 0 Å². The molecular weight excluding hydrogens is 251 g/mol. The zero-order valence-corrected chi connectivity index (χ0v) is 11.2. The molecule has 2 heterocycles. The molecule has 18 heavy (non-hydrogen) atoms. The second-order valence-electron chi connectivity index (χ2n) is 5.55. The highest BCUT2D eigenvalue weighted by Gasteiger charge is 2.48. The van der Waals surface area contributed by atoms with Crippen molar-refractivity contribution in [2.45, 2.75) is 48.7 Å². The largest absolute Gasteiger partial charge is 0.385 e. The first-order valence-corrected chi connectivity index (χ1v) is 7.65. The molecule has 2 unspecified atom stereocenters. The second kappa shape index (κ2) is 4.14. The summed E-state index contributed by atoms with van der Waals surface area (Å²) in [6.45, 7) is 1.82. The van der Waals surface area contributed by atoms with Crippen LogP contribution in [0.3, 0.4) is 0 Å². The highest BCUT2D eigenvalue weighted by molar-refractivity contribution is 7.86. The Hall–Kier alpha value is -0.740. The van der Waals surface area contributed by atoms with Crippen molar-refractivity contribution < 1.29 is 13.7 Å². The van der Waals surface area contributed by atoms with Crippen molar-refractivity contribution in [3.05, 3.63) is 35.1 Å². The van der Waals surface area contributed by atoms with Crippen molar-refractivity contribution >= 4 is 10.8 Å². The lowest BCUT2D eigenvalue weighted by molar-refractivity contribution is 0.0178. The molecule has 1 N–H and O–H groups in total. The monoisotopic (exact) mass is 268 g/mol. The van der Waals surface area contributed by atoms with E-state index in [4.69, 9.17) is 0 Å². The summed E-state index contributed by atoms with van der Waals surface area (Å²) < 4.78 is 25.1. The molecular formula is C14H17FO2S. The molecule has 0 spiro atoms. The minimum atomic E-state index is -0.919. The molecule has 0 amide bonds. The minimum absolute atomic E-state index is 0.109. The minimum Gasteiger partial charge on any atom is -0.385 e. The number of benzene rings is 1. The maximum Gasteiger partial charge on any atom is 0.123 e. The van der Waals surface area contributed by atoms with Gasteiger partial charge in [0, 0.05) is 21.3 Å². The molecule has 2 fully saturated rings. The molecule has 2 aliphatic heterocycles. The quantitative estimate of drug-likeness (QED) is 0.849. The highest BCUT2D eigenvalue weighted by atomic mass is 32.2. The van der Waals surface area contributed by atoms with Crippen LogP contribution in [0.2, 0.25) is 0 Å². The van der Waals surface area contributed by atoms with Crippen molar-refractivity contribution in [1.29, 1.82) is 0 Å². The van der Waals surface area contributed by atoms with E-state index in [2.05, 4.69) is 0 Å². The topological polar surface area (TPSA) is 37.3 Å². The lowest BCUT2D eigenvalue weighted by Gasteiger charge is -2.37. The third-order valence-corrected chi connectivity index (χ3v) is 6.41. The molecule has 0 radical (unpaired) electrons. The number of hydrogen-bond donors (Lipinski definition) is 1. The van der Waals surface area contributed by atoms with Crippen LogP contribution in [0.15, 0.2) is 18.2 Å². The Morgan fingerprint density at radius 1 is 1.33 bits per heavy atom. The molecule has 98 valence electrons. The lowest BCUT2D eigenvalue weighted by atomic mass is 9.83. The van der Waals surface area contributed by atoms with Gasteiger partial charge in [-0.3, -0.25) is 4.21 Å². The zero-order valence-electron chi connectivity index (χ0n) is 10.4. The van der Waals surface area contributed by atoms with Crippen molar-refractivity contribution in [3.8, 4) is 0 Å². The van der Waals surface area contributed by atoms with Gasteiger partial charge in [-0.05, 0) is 55.9 Å². The summed E-state index contributed by atoms with van der Waals surface area (Å²) >= 11 is 0. The Bertz CT molecular complexity index is 499. The van der Waals surface area contributed by atoms with Gasteiger partial charge in [-0.1, -0.05) is 6.07 Å². The van der Waals surface area contributed by atoms with E-state index < -0.39 is 16.4 Å². The lowest BCUT2D eigenvalue weighted by Crippen LogP contribution is -2.40. The van der Waals surface area contributed by atoms with Crippen molar-refractivity contribution in [2.24, 2.45) is 0 Å². The Morgan fingerprint density at radius 3 is 2.50 bits per heavy atom. The predicted octanol–water partition coefficient (Wildman–Crippen LogP) is 2.40. The maximum atomic E-state index is 13.1. The number of aryl methyl sites for hydroxylation is 1. The van der Waals surface area contributed by atoms with Crippen LogP contribution in [-0.4, -0.2) is 19.8 Å². The van der Waals surface area contributed by atoms with Crippen LogP contribution >= 0.6 is 0 Å². The average molecular weight is 268 g/mol. The van der Waals surface area contributed by atoms with Crippen molar-refractivity contribution in [2.75, 3.05) is 0 Å². The molecule has 2 saturated heterocycles. The van der Waals surface area contributed by atoms with E-state index in [9.17, 15) is 13.7 Å². The Kier molecular flexibility index (Phi) is 2.83. The van der Waals surface area contributed by atoms with Crippen LogP contribution in [0.5, 0.6) is 0 Å². The van der Waals surface area contributed by atoms with Gasteiger partial charge in [0.1, 0.15) is 5.82 Å². The van der Waals surface area contributed by atoms with E-state index in [0.717, 1.165) is 24.0 Å². The SMILES string of the molecule is Cc1cc(F)ccc1C1(O)CC2CCC(C1)S2=O. The third kappa shape index (κ3) is 1.82. The third-order valence-electron chi connectivity index (χ3n) is 4.29. The van der Waals surface area contributed by atoms with Crippen LogP contribution < -0.4 is 0 Å². The number of halogens is 1. The summed E-state index contributed by atoms with van der Waals surface area (Å²) in [7, 11) is -0.784. The number of fused-ring (bicyclic) bond motifs is 2. The normalized spacial score (nSPS) is 38.9. The van der Waals surface area contributed by atoms with Gasteiger partial charge in [0.05, 0.1) is 5.60 Å². The molecule has 2 aliphatic rings. The Morgan fingerprint density at radius 2 is 1.94 bits per heavy atom. The van der Waals surface area contributed by atoms with Crippen LogP contribution in [0.25, 0.3) is 0 Å². The smallest absolute Gasteiger partial charge is 0.123 e. The molecule has 0 saturated carbocycles. The van der Waals surface area contributed by atoms with Crippen LogP contribution in [-0.2, 0) is 16.4 Å². The van der Waals surface area contributed by atoms with Gasteiger partial charge in [-0.25, -0.2) is 4.39 Å². The predicted molar refractivity (Wildman–Crippen MR) is 69.2 cm³/mol. The summed E-state index contributed by atoms with van der Waals surface area (Å²) in [6.07, 6.45) is 2.98. The van der Waals surface area contributed by atoms with Gasteiger partial charge in [-0.2, -0.15) is 0 Å². The standard InChI is InChI=1S/C14H17FO2S/c1-9-6-10(15)2-5-13(9)14(16)7-11-3-4-12(8-14)18(11)17/h2,5-6,11-12,16H,3-4,7-8H2,1H3. The summed E-state index contributed by atoms with van der Waals surface area (Å²) in [5, 5.41) is 11.1. The first-order valence-electron chi connectivity index (χ1n) is 6.38. The molecule has 1 aromatic rings. The molecule has 2 nitrogen and oxygen atoms in total. The van der Waals surface area contributed by atoms with E-state index in [1.54, 1.807) is 6.07 Å². The van der Waals surface area contributed by atoms with Gasteiger partial charge in [0.25, 0.3) is 0 Å². The van der Waals surface area contributed by atoms with Crippen LogP contribution in [0.1, 0.15) is 36.8 Å². The Balaban J connectivity index is 1.98. The van der Waals surface area contributed by atoms with Gasteiger partial charge < -0.3 is 5.11 Å². The molecule has 4 heteroatoms. The molecule has 2 bridgehead atoms. The summed E-state index contributed by atoms with van der Waals surface area (Å²) in [5.74, 6) is -0.276. The summed E-state index contributed by atoms with van der Waals surface area (Å²) in [4.78, 5) is 0. The fourth-order valence-electron chi connectivity index (χ4n) is 3.45. The summed E-state index contributed by atoms with van der Waals surface area (Å²) in [6, 6.07) is 4.53. The van der Waals surface area contributed by atoms with E-state index in [1.165, 1.54) is 12.1 Å². The van der Waals surface area contributed by atoms with Crippen LogP contribution in [0.4, 0.5) is 4.39 Å².